The predicted octanol–water partition coefficient (Wildman–Crippen LogP) is 1.17. The third-order valence-electron chi connectivity index (χ3n) is 3.65. The second kappa shape index (κ2) is 6.43. The summed E-state index contributed by atoms with van der Waals surface area (Å²) in [7, 11) is 3.39. The van der Waals surface area contributed by atoms with Gasteiger partial charge in [0, 0.05) is 39.9 Å². The summed E-state index contributed by atoms with van der Waals surface area (Å²) < 4.78 is 23.6. The Morgan fingerprint density at radius 1 is 1.21 bits per heavy atom. The van der Waals surface area contributed by atoms with Crippen LogP contribution in [-0.4, -0.2) is 51.0 Å². The van der Waals surface area contributed by atoms with Crippen LogP contribution in [0, 0.1) is 5.82 Å². The summed E-state index contributed by atoms with van der Waals surface area (Å²) in [4.78, 5) is 2.22. The summed E-state index contributed by atoms with van der Waals surface area (Å²) in [6, 6.07) is 6.22. The Morgan fingerprint density at radius 3 is 2.21 bits per heavy atom. The molecule has 106 valence electrons. The van der Waals surface area contributed by atoms with E-state index in [1.54, 1.807) is 26.4 Å². The first kappa shape index (κ1) is 14.4. The number of ether oxygens (including phenoxy) is 2. The third kappa shape index (κ3) is 3.51. The van der Waals surface area contributed by atoms with Gasteiger partial charge in [-0.25, -0.2) is 4.39 Å². The van der Waals surface area contributed by atoms with Gasteiger partial charge in [0.1, 0.15) is 5.82 Å². The lowest BCUT2D eigenvalue weighted by molar-refractivity contribution is -0.00461. The maximum atomic E-state index is 12.9. The molecule has 2 N–H and O–H groups in total. The fourth-order valence-electron chi connectivity index (χ4n) is 2.51. The number of benzene rings is 1. The van der Waals surface area contributed by atoms with E-state index < -0.39 is 0 Å². The molecule has 0 aliphatic carbocycles. The van der Waals surface area contributed by atoms with Gasteiger partial charge in [-0.15, -0.1) is 0 Å². The maximum Gasteiger partial charge on any atom is 0.123 e. The average Bonchev–Trinajstić information content (AvgIpc) is 2.81. The lowest BCUT2D eigenvalue weighted by Gasteiger charge is -2.20. The molecule has 4 nitrogen and oxygen atoms in total. The zero-order valence-corrected chi connectivity index (χ0v) is 11.4. The first-order chi connectivity index (χ1) is 9.13. The minimum atomic E-state index is -0.240. The molecule has 1 heterocycles. The monoisotopic (exact) mass is 268 g/mol. The fourth-order valence-corrected chi connectivity index (χ4v) is 2.51. The van der Waals surface area contributed by atoms with Crippen LogP contribution in [-0.2, 0) is 9.47 Å². The summed E-state index contributed by atoms with van der Waals surface area (Å²) in [5.41, 5.74) is 7.09. The van der Waals surface area contributed by atoms with Crippen molar-refractivity contribution in [2.75, 3.05) is 33.9 Å². The first-order valence-electron chi connectivity index (χ1n) is 6.43. The van der Waals surface area contributed by atoms with Gasteiger partial charge in [0.2, 0.25) is 0 Å². The highest BCUT2D eigenvalue weighted by molar-refractivity contribution is 5.20. The SMILES string of the molecule is COC1CN(CC(N)c2ccc(F)cc2)CC1OC. The van der Waals surface area contributed by atoms with Gasteiger partial charge in [-0.3, -0.25) is 4.90 Å². The minimum Gasteiger partial charge on any atom is -0.377 e. The highest BCUT2D eigenvalue weighted by Gasteiger charge is 2.33. The summed E-state index contributed by atoms with van der Waals surface area (Å²) in [5, 5.41) is 0. The van der Waals surface area contributed by atoms with Crippen LogP contribution in [0.25, 0.3) is 0 Å². The molecule has 0 radical (unpaired) electrons. The first-order valence-corrected chi connectivity index (χ1v) is 6.43. The minimum absolute atomic E-state index is 0.0883. The van der Waals surface area contributed by atoms with Crippen LogP contribution in [0.5, 0.6) is 0 Å². The number of hydrogen-bond donors (Lipinski definition) is 1. The quantitative estimate of drug-likeness (QED) is 0.871. The number of nitrogens with zero attached hydrogens (tertiary/aromatic N) is 1. The molecule has 1 aromatic carbocycles. The Morgan fingerprint density at radius 2 is 1.74 bits per heavy atom. The number of nitrogens with two attached hydrogens (primary N) is 1. The van der Waals surface area contributed by atoms with E-state index in [4.69, 9.17) is 15.2 Å². The molecule has 0 bridgehead atoms. The van der Waals surface area contributed by atoms with Crippen LogP contribution in [0.2, 0.25) is 0 Å². The molecule has 0 amide bonds. The molecule has 0 saturated carbocycles. The van der Waals surface area contributed by atoms with Crippen molar-refractivity contribution < 1.29 is 13.9 Å². The van der Waals surface area contributed by atoms with Crippen LogP contribution >= 0.6 is 0 Å². The number of rotatable bonds is 5. The third-order valence-corrected chi connectivity index (χ3v) is 3.65. The normalized spacial score (nSPS) is 25.7. The summed E-state index contributed by atoms with van der Waals surface area (Å²) in [6.45, 7) is 2.33. The van der Waals surface area contributed by atoms with E-state index >= 15 is 0 Å². The lowest BCUT2D eigenvalue weighted by atomic mass is 10.1. The van der Waals surface area contributed by atoms with Crippen molar-refractivity contribution in [2.24, 2.45) is 5.73 Å². The molecule has 1 aliphatic heterocycles. The smallest absolute Gasteiger partial charge is 0.123 e. The van der Waals surface area contributed by atoms with Gasteiger partial charge < -0.3 is 15.2 Å². The summed E-state index contributed by atoms with van der Waals surface area (Å²) in [6.07, 6.45) is 0.177. The average molecular weight is 268 g/mol. The second-order valence-electron chi connectivity index (χ2n) is 4.92. The van der Waals surface area contributed by atoms with Gasteiger partial charge in [0.05, 0.1) is 12.2 Å². The van der Waals surface area contributed by atoms with E-state index in [-0.39, 0.29) is 24.1 Å². The van der Waals surface area contributed by atoms with Gasteiger partial charge in [0.25, 0.3) is 0 Å². The van der Waals surface area contributed by atoms with Crippen molar-refractivity contribution in [1.29, 1.82) is 0 Å². The number of halogens is 1. The van der Waals surface area contributed by atoms with E-state index in [9.17, 15) is 4.39 Å². The topological polar surface area (TPSA) is 47.7 Å². The Kier molecular flexibility index (Phi) is 4.87. The number of methoxy groups -OCH3 is 2. The zero-order chi connectivity index (χ0) is 13.8. The van der Waals surface area contributed by atoms with Gasteiger partial charge >= 0.3 is 0 Å². The highest BCUT2D eigenvalue weighted by atomic mass is 19.1. The molecule has 3 atom stereocenters. The van der Waals surface area contributed by atoms with Gasteiger partial charge in [-0.1, -0.05) is 12.1 Å². The molecule has 1 saturated heterocycles. The van der Waals surface area contributed by atoms with E-state index in [2.05, 4.69) is 4.90 Å². The Bertz CT molecular complexity index is 387. The fraction of sp³-hybridized carbons (Fsp3) is 0.571. The predicted molar refractivity (Wildman–Crippen MR) is 71.4 cm³/mol. The van der Waals surface area contributed by atoms with Crippen molar-refractivity contribution in [3.05, 3.63) is 35.6 Å². The van der Waals surface area contributed by atoms with E-state index in [1.807, 2.05) is 0 Å². The van der Waals surface area contributed by atoms with Crippen molar-refractivity contribution >= 4 is 0 Å². The molecule has 2 rings (SSSR count). The molecule has 1 fully saturated rings. The highest BCUT2D eigenvalue weighted by Crippen LogP contribution is 2.19. The van der Waals surface area contributed by atoms with Crippen molar-refractivity contribution in [3.8, 4) is 0 Å². The van der Waals surface area contributed by atoms with E-state index in [0.717, 1.165) is 18.7 Å². The van der Waals surface area contributed by atoms with E-state index in [1.165, 1.54) is 12.1 Å². The van der Waals surface area contributed by atoms with Gasteiger partial charge in [0.15, 0.2) is 0 Å². The van der Waals surface area contributed by atoms with Crippen LogP contribution in [0.3, 0.4) is 0 Å². The standard InChI is InChI=1S/C14H21FN2O2/c1-18-13-8-17(9-14(13)19-2)7-12(16)10-3-5-11(15)6-4-10/h3-6,12-14H,7-9,16H2,1-2H3. The number of hydrogen-bond acceptors (Lipinski definition) is 4. The van der Waals surface area contributed by atoms with Crippen molar-refractivity contribution in [2.45, 2.75) is 18.2 Å². The van der Waals surface area contributed by atoms with E-state index in [0.29, 0.717) is 6.54 Å². The van der Waals surface area contributed by atoms with Crippen molar-refractivity contribution in [1.82, 2.24) is 4.90 Å². The van der Waals surface area contributed by atoms with Crippen molar-refractivity contribution in [3.63, 3.8) is 0 Å². The Hall–Kier alpha value is -1.01. The van der Waals surface area contributed by atoms with Crippen LogP contribution in [0.1, 0.15) is 11.6 Å². The molecule has 1 aromatic rings. The molecular formula is C14H21FN2O2. The molecule has 19 heavy (non-hydrogen) atoms. The molecule has 0 spiro atoms. The Labute approximate surface area is 113 Å². The molecular weight excluding hydrogens is 247 g/mol. The summed E-state index contributed by atoms with van der Waals surface area (Å²) in [5.74, 6) is -0.240. The van der Waals surface area contributed by atoms with Gasteiger partial charge in [-0.2, -0.15) is 0 Å². The molecule has 3 unspecified atom stereocenters. The van der Waals surface area contributed by atoms with Gasteiger partial charge in [-0.05, 0) is 17.7 Å². The molecule has 5 heteroatoms. The Balaban J connectivity index is 1.93. The molecule has 1 aliphatic rings. The number of likely N-dealkylation sites (tertiary alicyclic amines) is 1. The van der Waals surface area contributed by atoms with Crippen LogP contribution < -0.4 is 5.73 Å². The zero-order valence-electron chi connectivity index (χ0n) is 11.4. The molecule has 0 aromatic heterocycles. The second-order valence-corrected chi connectivity index (χ2v) is 4.92. The largest absolute Gasteiger partial charge is 0.377 e. The van der Waals surface area contributed by atoms with Crippen LogP contribution in [0.4, 0.5) is 4.39 Å². The lowest BCUT2D eigenvalue weighted by Crippen LogP contribution is -2.31. The van der Waals surface area contributed by atoms with Crippen LogP contribution in [0.15, 0.2) is 24.3 Å². The maximum absolute atomic E-state index is 12.9. The summed E-state index contributed by atoms with van der Waals surface area (Å²) >= 11 is 0.